The van der Waals surface area contributed by atoms with E-state index in [0.717, 1.165) is 42.4 Å². The highest BCUT2D eigenvalue weighted by Crippen LogP contribution is 2.32. The molecular weight excluding hydrogens is 418 g/mol. The third-order valence-electron chi connectivity index (χ3n) is 6.23. The van der Waals surface area contributed by atoms with Gasteiger partial charge in [-0.05, 0) is 44.4 Å². The van der Waals surface area contributed by atoms with Crippen LogP contribution in [0.15, 0.2) is 36.9 Å². The number of aromatic nitrogens is 4. The Balaban J connectivity index is 1.34. The SMILES string of the molecule is CCCCCCCOC(=O)N1CCC(n2ccc3c(Oc4cccnc4C)ncnc32)CC1. The van der Waals surface area contributed by atoms with Gasteiger partial charge >= 0.3 is 6.09 Å². The van der Waals surface area contributed by atoms with Gasteiger partial charge < -0.3 is 18.9 Å². The average Bonchev–Trinajstić information content (AvgIpc) is 3.28. The Bertz CT molecular complexity index is 1060. The summed E-state index contributed by atoms with van der Waals surface area (Å²) in [7, 11) is 0. The molecule has 8 heteroatoms. The normalized spacial score (nSPS) is 14.5. The summed E-state index contributed by atoms with van der Waals surface area (Å²) < 4.78 is 13.7. The van der Waals surface area contributed by atoms with E-state index in [1.807, 2.05) is 36.2 Å². The fourth-order valence-electron chi connectivity index (χ4n) is 4.29. The second kappa shape index (κ2) is 11.1. The molecule has 4 heterocycles. The van der Waals surface area contributed by atoms with Crippen LogP contribution >= 0.6 is 0 Å². The number of aryl methyl sites for hydroxylation is 1. The number of rotatable bonds is 9. The molecule has 0 atom stereocenters. The molecule has 0 spiro atoms. The van der Waals surface area contributed by atoms with E-state index in [1.54, 1.807) is 6.20 Å². The number of pyridine rings is 1. The Hall–Kier alpha value is -3.16. The lowest BCUT2D eigenvalue weighted by Crippen LogP contribution is -2.39. The number of hydrogen-bond acceptors (Lipinski definition) is 6. The van der Waals surface area contributed by atoms with Crippen molar-refractivity contribution >= 4 is 17.1 Å². The van der Waals surface area contributed by atoms with Gasteiger partial charge in [-0.15, -0.1) is 0 Å². The molecule has 1 aliphatic heterocycles. The second-order valence-corrected chi connectivity index (χ2v) is 8.57. The van der Waals surface area contributed by atoms with Crippen molar-refractivity contribution in [3.05, 3.63) is 42.6 Å². The zero-order chi connectivity index (χ0) is 23.0. The minimum absolute atomic E-state index is 0.189. The molecule has 0 N–H and O–H groups in total. The Morgan fingerprint density at radius 2 is 1.91 bits per heavy atom. The van der Waals surface area contributed by atoms with Crippen LogP contribution in [-0.4, -0.2) is 50.2 Å². The fourth-order valence-corrected chi connectivity index (χ4v) is 4.29. The number of ether oxygens (including phenoxy) is 2. The van der Waals surface area contributed by atoms with E-state index in [0.29, 0.717) is 31.3 Å². The van der Waals surface area contributed by atoms with E-state index in [-0.39, 0.29) is 12.1 Å². The van der Waals surface area contributed by atoms with E-state index in [1.165, 1.54) is 25.6 Å². The largest absolute Gasteiger partial charge is 0.449 e. The Labute approximate surface area is 195 Å². The molecule has 0 aliphatic carbocycles. The minimum Gasteiger partial charge on any atom is -0.449 e. The molecule has 176 valence electrons. The van der Waals surface area contributed by atoms with Crippen molar-refractivity contribution in [2.24, 2.45) is 0 Å². The first-order chi connectivity index (χ1) is 16.2. The summed E-state index contributed by atoms with van der Waals surface area (Å²) in [6.07, 6.45) is 12.6. The van der Waals surface area contributed by atoms with Gasteiger partial charge in [-0.2, -0.15) is 0 Å². The molecule has 1 fully saturated rings. The Morgan fingerprint density at radius 1 is 1.09 bits per heavy atom. The van der Waals surface area contributed by atoms with Gasteiger partial charge in [0, 0.05) is 31.5 Å². The molecule has 33 heavy (non-hydrogen) atoms. The predicted octanol–water partition coefficient (Wildman–Crippen LogP) is 5.67. The van der Waals surface area contributed by atoms with Gasteiger partial charge in [0.25, 0.3) is 0 Å². The molecule has 0 radical (unpaired) electrons. The topological polar surface area (TPSA) is 82.4 Å². The third kappa shape index (κ3) is 5.61. The van der Waals surface area contributed by atoms with Crippen molar-refractivity contribution in [2.45, 2.75) is 64.8 Å². The lowest BCUT2D eigenvalue weighted by molar-refractivity contribution is 0.0874. The van der Waals surface area contributed by atoms with Crippen LogP contribution in [0.5, 0.6) is 11.6 Å². The first kappa shape index (κ1) is 23.0. The number of carbonyl (C=O) groups excluding carboxylic acids is 1. The molecule has 4 rings (SSSR count). The van der Waals surface area contributed by atoms with Gasteiger partial charge in [0.1, 0.15) is 12.0 Å². The van der Waals surface area contributed by atoms with Gasteiger partial charge in [0.05, 0.1) is 17.7 Å². The quantitative estimate of drug-likeness (QED) is 0.390. The Morgan fingerprint density at radius 3 is 2.70 bits per heavy atom. The van der Waals surface area contributed by atoms with Crippen molar-refractivity contribution in [1.29, 1.82) is 0 Å². The van der Waals surface area contributed by atoms with Crippen molar-refractivity contribution in [3.8, 4) is 11.6 Å². The van der Waals surface area contributed by atoms with Crippen molar-refractivity contribution in [3.63, 3.8) is 0 Å². The van der Waals surface area contributed by atoms with Gasteiger partial charge in [-0.25, -0.2) is 14.8 Å². The first-order valence-corrected chi connectivity index (χ1v) is 12.0. The van der Waals surface area contributed by atoms with Gasteiger partial charge in [-0.3, -0.25) is 4.98 Å². The molecular formula is C25H33N5O3. The molecule has 1 saturated heterocycles. The number of fused-ring (bicyclic) bond motifs is 1. The minimum atomic E-state index is -0.189. The maximum atomic E-state index is 12.4. The van der Waals surface area contributed by atoms with Crippen molar-refractivity contribution in [2.75, 3.05) is 19.7 Å². The van der Waals surface area contributed by atoms with E-state index in [2.05, 4.69) is 26.4 Å². The molecule has 0 unspecified atom stereocenters. The summed E-state index contributed by atoms with van der Waals surface area (Å²) in [5.74, 6) is 1.21. The molecule has 0 saturated carbocycles. The highest BCUT2D eigenvalue weighted by Gasteiger charge is 2.26. The second-order valence-electron chi connectivity index (χ2n) is 8.57. The zero-order valence-corrected chi connectivity index (χ0v) is 19.6. The highest BCUT2D eigenvalue weighted by molar-refractivity contribution is 5.81. The van der Waals surface area contributed by atoms with E-state index >= 15 is 0 Å². The zero-order valence-electron chi connectivity index (χ0n) is 19.6. The van der Waals surface area contributed by atoms with Crippen LogP contribution in [0.1, 0.15) is 63.6 Å². The first-order valence-electron chi connectivity index (χ1n) is 12.0. The molecule has 3 aromatic rings. The summed E-state index contributed by atoms with van der Waals surface area (Å²) >= 11 is 0. The van der Waals surface area contributed by atoms with Crippen molar-refractivity contribution < 1.29 is 14.3 Å². The molecule has 0 aromatic carbocycles. The summed E-state index contributed by atoms with van der Waals surface area (Å²) in [4.78, 5) is 27.4. The lowest BCUT2D eigenvalue weighted by atomic mass is 10.1. The average molecular weight is 452 g/mol. The third-order valence-corrected chi connectivity index (χ3v) is 6.23. The summed E-state index contributed by atoms with van der Waals surface area (Å²) in [6, 6.07) is 5.99. The van der Waals surface area contributed by atoms with E-state index in [9.17, 15) is 4.79 Å². The van der Waals surface area contributed by atoms with Crippen LogP contribution < -0.4 is 4.74 Å². The predicted molar refractivity (Wildman–Crippen MR) is 127 cm³/mol. The molecule has 1 aliphatic rings. The summed E-state index contributed by atoms with van der Waals surface area (Å²) in [5.41, 5.74) is 1.65. The van der Waals surface area contributed by atoms with Crippen LogP contribution in [0.4, 0.5) is 4.79 Å². The van der Waals surface area contributed by atoms with E-state index in [4.69, 9.17) is 9.47 Å². The molecule has 1 amide bonds. The van der Waals surface area contributed by atoms with Crippen molar-refractivity contribution in [1.82, 2.24) is 24.4 Å². The standard InChI is InChI=1S/C25H33N5O3/c1-3-4-5-6-7-17-32-25(31)29-14-10-20(11-15-29)30-16-12-21-23(30)27-18-28-24(21)33-22-9-8-13-26-19(22)2/h8-9,12-13,16,18,20H,3-7,10-11,14-15,17H2,1-2H3. The van der Waals surface area contributed by atoms with Crippen LogP contribution in [0.2, 0.25) is 0 Å². The number of unbranched alkanes of at least 4 members (excludes halogenated alkanes) is 4. The number of hydrogen-bond donors (Lipinski definition) is 0. The fraction of sp³-hybridized carbons (Fsp3) is 0.520. The molecule has 3 aromatic heterocycles. The van der Waals surface area contributed by atoms with Crippen LogP contribution in [-0.2, 0) is 4.74 Å². The van der Waals surface area contributed by atoms with Gasteiger partial charge in [0.2, 0.25) is 5.88 Å². The number of likely N-dealkylation sites (tertiary alicyclic amines) is 1. The summed E-state index contributed by atoms with van der Waals surface area (Å²) in [5, 5.41) is 0.866. The van der Waals surface area contributed by atoms with Gasteiger partial charge in [-0.1, -0.05) is 32.6 Å². The molecule has 8 nitrogen and oxygen atoms in total. The maximum Gasteiger partial charge on any atom is 0.409 e. The number of amides is 1. The maximum absolute atomic E-state index is 12.4. The smallest absolute Gasteiger partial charge is 0.409 e. The number of nitrogens with zero attached hydrogens (tertiary/aromatic N) is 5. The summed E-state index contributed by atoms with van der Waals surface area (Å²) in [6.45, 7) is 5.98. The number of carbonyl (C=O) groups is 1. The molecule has 0 bridgehead atoms. The van der Waals surface area contributed by atoms with Crippen LogP contribution in [0, 0.1) is 6.92 Å². The van der Waals surface area contributed by atoms with E-state index < -0.39 is 0 Å². The Kier molecular flexibility index (Phi) is 7.75. The number of piperidine rings is 1. The van der Waals surface area contributed by atoms with Crippen LogP contribution in [0.3, 0.4) is 0 Å². The van der Waals surface area contributed by atoms with Crippen LogP contribution in [0.25, 0.3) is 11.0 Å². The lowest BCUT2D eigenvalue weighted by Gasteiger charge is -2.32. The van der Waals surface area contributed by atoms with Gasteiger partial charge in [0.15, 0.2) is 5.75 Å². The highest BCUT2D eigenvalue weighted by atomic mass is 16.6. The monoisotopic (exact) mass is 451 g/mol.